The minimum absolute atomic E-state index is 0.0166. The zero-order valence-electron chi connectivity index (χ0n) is 16.8. The van der Waals surface area contributed by atoms with E-state index in [1.54, 1.807) is 30.0 Å². The molecular formula is C22H24FN3O4. The predicted molar refractivity (Wildman–Crippen MR) is 110 cm³/mol. The van der Waals surface area contributed by atoms with Crippen molar-refractivity contribution in [2.75, 3.05) is 49.6 Å². The fourth-order valence-corrected chi connectivity index (χ4v) is 3.62. The molecular weight excluding hydrogens is 389 g/mol. The van der Waals surface area contributed by atoms with Gasteiger partial charge in [0.15, 0.2) is 6.10 Å². The Morgan fingerprint density at radius 2 is 1.93 bits per heavy atom. The number of ether oxygens (including phenoxy) is 2. The van der Waals surface area contributed by atoms with Gasteiger partial charge in [-0.3, -0.25) is 9.59 Å². The zero-order valence-corrected chi connectivity index (χ0v) is 16.8. The van der Waals surface area contributed by atoms with E-state index in [0.29, 0.717) is 43.3 Å². The maximum absolute atomic E-state index is 13.8. The third-order valence-corrected chi connectivity index (χ3v) is 5.25. The Labute approximate surface area is 174 Å². The van der Waals surface area contributed by atoms with Gasteiger partial charge in [0.1, 0.15) is 11.6 Å². The Hall–Kier alpha value is -3.13. The summed E-state index contributed by atoms with van der Waals surface area (Å²) in [6, 6.07) is 11.9. The lowest BCUT2D eigenvalue weighted by Crippen LogP contribution is -2.53. The molecule has 8 heteroatoms. The molecule has 1 fully saturated rings. The Morgan fingerprint density at radius 3 is 2.70 bits per heavy atom. The van der Waals surface area contributed by atoms with Crippen molar-refractivity contribution in [2.24, 2.45) is 0 Å². The molecule has 7 nitrogen and oxygen atoms in total. The van der Waals surface area contributed by atoms with Crippen LogP contribution in [0.5, 0.6) is 5.75 Å². The van der Waals surface area contributed by atoms with E-state index in [-0.39, 0.29) is 30.7 Å². The number of benzene rings is 2. The van der Waals surface area contributed by atoms with Gasteiger partial charge in [-0.2, -0.15) is 0 Å². The second kappa shape index (κ2) is 8.71. The maximum Gasteiger partial charge on any atom is 0.265 e. The third-order valence-electron chi connectivity index (χ3n) is 5.25. The van der Waals surface area contributed by atoms with Crippen LogP contribution in [-0.4, -0.2) is 62.2 Å². The molecule has 2 amide bonds. The largest absolute Gasteiger partial charge is 0.477 e. The first-order valence-corrected chi connectivity index (χ1v) is 9.94. The van der Waals surface area contributed by atoms with E-state index in [0.717, 1.165) is 5.69 Å². The van der Waals surface area contributed by atoms with Crippen molar-refractivity contribution in [3.05, 3.63) is 53.8 Å². The van der Waals surface area contributed by atoms with Gasteiger partial charge in [-0.25, -0.2) is 4.39 Å². The van der Waals surface area contributed by atoms with Crippen molar-refractivity contribution in [2.45, 2.75) is 13.0 Å². The predicted octanol–water partition coefficient (Wildman–Crippen LogP) is 2.20. The number of carbonyl (C=O) groups is 2. The summed E-state index contributed by atoms with van der Waals surface area (Å²) in [7, 11) is 0. The number of carbonyl (C=O) groups excluding carboxylic acids is 2. The van der Waals surface area contributed by atoms with Crippen molar-refractivity contribution in [1.29, 1.82) is 0 Å². The summed E-state index contributed by atoms with van der Waals surface area (Å²) in [5.41, 5.74) is 1.65. The number of halogens is 1. The molecule has 0 spiro atoms. The molecule has 2 heterocycles. The van der Waals surface area contributed by atoms with Gasteiger partial charge in [0.2, 0.25) is 5.91 Å². The fourth-order valence-electron chi connectivity index (χ4n) is 3.62. The first-order valence-electron chi connectivity index (χ1n) is 9.94. The molecule has 30 heavy (non-hydrogen) atoms. The number of anilines is 2. The summed E-state index contributed by atoms with van der Waals surface area (Å²) >= 11 is 0. The second-order valence-electron chi connectivity index (χ2n) is 7.40. The van der Waals surface area contributed by atoms with E-state index in [4.69, 9.17) is 9.47 Å². The number of fused-ring (bicyclic) bond motifs is 1. The highest BCUT2D eigenvalue weighted by atomic mass is 19.1. The summed E-state index contributed by atoms with van der Waals surface area (Å²) in [6.45, 7) is 4.00. The number of morpholine rings is 1. The van der Waals surface area contributed by atoms with Crippen molar-refractivity contribution in [3.8, 4) is 5.75 Å². The standard InChI is InChI=1S/C22H24FN3O4/c1-15-6-7-16(12-17(15)23)24-21(27)14-26-13-20(22(28)25-8-10-29-11-9-25)30-19-5-3-2-4-18(19)26/h2-7,12,20H,8-11,13-14H2,1H3,(H,24,27)/t20-/m0/s1. The number of rotatable bonds is 4. The van der Waals surface area contributed by atoms with Gasteiger partial charge >= 0.3 is 0 Å². The Kier molecular flexibility index (Phi) is 5.85. The van der Waals surface area contributed by atoms with Gasteiger partial charge in [-0.15, -0.1) is 0 Å². The highest BCUT2D eigenvalue weighted by molar-refractivity contribution is 5.95. The smallest absolute Gasteiger partial charge is 0.265 e. The highest BCUT2D eigenvalue weighted by Crippen LogP contribution is 2.33. The Morgan fingerprint density at radius 1 is 1.17 bits per heavy atom. The lowest BCUT2D eigenvalue weighted by molar-refractivity contribution is -0.142. The third kappa shape index (κ3) is 4.38. The number of nitrogens with one attached hydrogen (secondary N) is 1. The number of nitrogens with zero attached hydrogens (tertiary/aromatic N) is 2. The van der Waals surface area contributed by atoms with Crippen LogP contribution in [0.25, 0.3) is 0 Å². The molecule has 2 aliphatic heterocycles. The number of amides is 2. The Bertz CT molecular complexity index is 946. The minimum atomic E-state index is -0.706. The fraction of sp³-hybridized carbons (Fsp3) is 0.364. The first kappa shape index (κ1) is 20.2. The molecule has 1 saturated heterocycles. The van der Waals surface area contributed by atoms with Crippen LogP contribution in [0.4, 0.5) is 15.8 Å². The molecule has 1 N–H and O–H groups in total. The lowest BCUT2D eigenvalue weighted by Gasteiger charge is -2.38. The molecule has 2 aliphatic rings. The highest BCUT2D eigenvalue weighted by Gasteiger charge is 2.34. The number of para-hydroxylation sites is 2. The molecule has 0 radical (unpaired) electrons. The van der Waals surface area contributed by atoms with Gasteiger partial charge in [0.25, 0.3) is 5.91 Å². The van der Waals surface area contributed by atoms with E-state index in [2.05, 4.69) is 5.32 Å². The van der Waals surface area contributed by atoms with Gasteiger partial charge in [-0.1, -0.05) is 18.2 Å². The van der Waals surface area contributed by atoms with Crippen LogP contribution in [-0.2, 0) is 14.3 Å². The first-order chi connectivity index (χ1) is 14.5. The molecule has 2 aromatic carbocycles. The summed E-state index contributed by atoms with van der Waals surface area (Å²) in [4.78, 5) is 29.1. The van der Waals surface area contributed by atoms with Crippen molar-refractivity contribution < 1.29 is 23.5 Å². The number of hydrogen-bond donors (Lipinski definition) is 1. The summed E-state index contributed by atoms with van der Waals surface area (Å²) < 4.78 is 25.0. The van der Waals surface area contributed by atoms with Crippen LogP contribution < -0.4 is 15.0 Å². The van der Waals surface area contributed by atoms with Crippen LogP contribution in [0.1, 0.15) is 5.56 Å². The average Bonchev–Trinajstić information content (AvgIpc) is 2.76. The molecule has 0 saturated carbocycles. The van der Waals surface area contributed by atoms with E-state index >= 15 is 0 Å². The van der Waals surface area contributed by atoms with Crippen LogP contribution in [0, 0.1) is 12.7 Å². The van der Waals surface area contributed by atoms with Crippen LogP contribution in [0.15, 0.2) is 42.5 Å². The molecule has 2 aromatic rings. The summed E-state index contributed by atoms with van der Waals surface area (Å²) in [6.07, 6.45) is -0.706. The molecule has 4 rings (SSSR count). The van der Waals surface area contributed by atoms with Gasteiger partial charge < -0.3 is 24.6 Å². The van der Waals surface area contributed by atoms with Crippen LogP contribution >= 0.6 is 0 Å². The second-order valence-corrected chi connectivity index (χ2v) is 7.40. The SMILES string of the molecule is Cc1ccc(NC(=O)CN2C[C@@H](C(=O)N3CCOCC3)Oc3ccccc32)cc1F. The van der Waals surface area contributed by atoms with Crippen LogP contribution in [0.3, 0.4) is 0 Å². The number of hydrogen-bond acceptors (Lipinski definition) is 5. The molecule has 0 aromatic heterocycles. The van der Waals surface area contributed by atoms with Gasteiger partial charge in [0.05, 0.1) is 32.0 Å². The van der Waals surface area contributed by atoms with Crippen molar-refractivity contribution >= 4 is 23.2 Å². The maximum atomic E-state index is 13.8. The van der Waals surface area contributed by atoms with Crippen molar-refractivity contribution in [3.63, 3.8) is 0 Å². The minimum Gasteiger partial charge on any atom is -0.477 e. The van der Waals surface area contributed by atoms with E-state index in [9.17, 15) is 14.0 Å². The summed E-state index contributed by atoms with van der Waals surface area (Å²) in [5, 5.41) is 2.72. The molecule has 1 atom stereocenters. The monoisotopic (exact) mass is 413 g/mol. The van der Waals surface area contributed by atoms with E-state index in [1.807, 2.05) is 23.1 Å². The summed E-state index contributed by atoms with van der Waals surface area (Å²) in [5.74, 6) is -0.225. The van der Waals surface area contributed by atoms with E-state index < -0.39 is 6.10 Å². The lowest BCUT2D eigenvalue weighted by atomic mass is 10.1. The average molecular weight is 413 g/mol. The van der Waals surface area contributed by atoms with Crippen LogP contribution in [0.2, 0.25) is 0 Å². The molecule has 158 valence electrons. The molecule has 0 aliphatic carbocycles. The Balaban J connectivity index is 1.48. The molecule has 0 unspecified atom stereocenters. The zero-order chi connectivity index (χ0) is 21.1. The normalized spacial score (nSPS) is 18.4. The topological polar surface area (TPSA) is 71.1 Å². The van der Waals surface area contributed by atoms with Crippen molar-refractivity contribution in [1.82, 2.24) is 4.90 Å². The number of aryl methyl sites for hydroxylation is 1. The molecule has 0 bridgehead atoms. The van der Waals surface area contributed by atoms with E-state index in [1.165, 1.54) is 6.07 Å². The van der Waals surface area contributed by atoms with Gasteiger partial charge in [-0.05, 0) is 36.8 Å². The quantitative estimate of drug-likeness (QED) is 0.832. The van der Waals surface area contributed by atoms with Gasteiger partial charge in [0, 0.05) is 18.8 Å².